The maximum atomic E-state index is 5.79. The lowest BCUT2D eigenvalue weighted by molar-refractivity contribution is 0.885. The summed E-state index contributed by atoms with van der Waals surface area (Å²) < 4.78 is 0. The number of nitrogens with one attached hydrogen (secondary N) is 2. The van der Waals surface area contributed by atoms with Crippen molar-refractivity contribution in [3.05, 3.63) is 72.6 Å². The van der Waals surface area contributed by atoms with Crippen molar-refractivity contribution in [2.45, 2.75) is 13.0 Å². The second kappa shape index (κ2) is 6.28. The van der Waals surface area contributed by atoms with Crippen molar-refractivity contribution < 1.29 is 0 Å². The minimum atomic E-state index is 0.217. The third kappa shape index (κ3) is 3.04. The number of nitrogen functional groups attached to an aromatic ring is 1. The molecule has 0 fully saturated rings. The monoisotopic (exact) mass is 329 g/mol. The van der Waals surface area contributed by atoms with Crippen LogP contribution in [-0.2, 0) is 0 Å². The summed E-state index contributed by atoms with van der Waals surface area (Å²) in [4.78, 5) is 11.8. The number of hydrogen-bond donors (Lipinski definition) is 3. The molecule has 0 spiro atoms. The molecule has 124 valence electrons. The number of aromatic amines is 1. The van der Waals surface area contributed by atoms with Crippen molar-refractivity contribution in [3.8, 4) is 11.1 Å². The van der Waals surface area contributed by atoms with Gasteiger partial charge in [-0.2, -0.15) is 0 Å². The van der Waals surface area contributed by atoms with E-state index in [0.717, 1.165) is 28.0 Å². The Labute approximate surface area is 145 Å². The highest BCUT2D eigenvalue weighted by molar-refractivity contribution is 5.91. The number of anilines is 2. The summed E-state index contributed by atoms with van der Waals surface area (Å²) in [7, 11) is 0. The Morgan fingerprint density at radius 3 is 2.76 bits per heavy atom. The van der Waals surface area contributed by atoms with Crippen LogP contribution in [0, 0.1) is 0 Å². The molecule has 0 saturated carbocycles. The van der Waals surface area contributed by atoms with Gasteiger partial charge in [0.1, 0.15) is 11.3 Å². The molecular formula is C20H19N5. The van der Waals surface area contributed by atoms with Gasteiger partial charge in [0.25, 0.3) is 0 Å². The van der Waals surface area contributed by atoms with Crippen LogP contribution in [0.5, 0.6) is 0 Å². The fourth-order valence-corrected chi connectivity index (χ4v) is 2.98. The Balaban J connectivity index is 1.66. The molecular weight excluding hydrogens is 310 g/mol. The van der Waals surface area contributed by atoms with E-state index in [-0.39, 0.29) is 6.04 Å². The van der Waals surface area contributed by atoms with E-state index < -0.39 is 0 Å². The molecule has 0 radical (unpaired) electrons. The molecule has 0 unspecified atom stereocenters. The summed E-state index contributed by atoms with van der Waals surface area (Å²) in [5.74, 6) is 0.417. The van der Waals surface area contributed by atoms with Gasteiger partial charge in [-0.1, -0.05) is 42.5 Å². The Morgan fingerprint density at radius 1 is 1.08 bits per heavy atom. The van der Waals surface area contributed by atoms with Crippen molar-refractivity contribution in [1.29, 1.82) is 0 Å². The lowest BCUT2D eigenvalue weighted by Gasteiger charge is -2.16. The molecule has 2 aromatic heterocycles. The first-order chi connectivity index (χ1) is 12.2. The Bertz CT molecular complexity index is 1010. The van der Waals surface area contributed by atoms with E-state index in [1.807, 2.05) is 18.3 Å². The molecule has 4 aromatic rings. The topological polar surface area (TPSA) is 79.6 Å². The minimum Gasteiger partial charge on any atom is -0.382 e. The highest BCUT2D eigenvalue weighted by atomic mass is 15.0. The minimum absolute atomic E-state index is 0.217. The van der Waals surface area contributed by atoms with Gasteiger partial charge in [0, 0.05) is 23.5 Å². The zero-order chi connectivity index (χ0) is 17.2. The van der Waals surface area contributed by atoms with Gasteiger partial charge in [-0.25, -0.2) is 9.97 Å². The van der Waals surface area contributed by atoms with Gasteiger partial charge in [-0.05, 0) is 30.2 Å². The fraction of sp³-hybridized carbons (Fsp3) is 0.100. The zero-order valence-corrected chi connectivity index (χ0v) is 13.9. The first-order valence-corrected chi connectivity index (χ1v) is 8.22. The van der Waals surface area contributed by atoms with Gasteiger partial charge >= 0.3 is 0 Å². The van der Waals surface area contributed by atoms with Gasteiger partial charge in [0.05, 0.1) is 6.20 Å². The van der Waals surface area contributed by atoms with Crippen molar-refractivity contribution in [2.75, 3.05) is 11.1 Å². The smallest absolute Gasteiger partial charge is 0.156 e. The molecule has 1 atom stereocenters. The highest BCUT2D eigenvalue weighted by Crippen LogP contribution is 2.29. The van der Waals surface area contributed by atoms with Crippen LogP contribution in [0.25, 0.3) is 22.3 Å². The number of H-pyrrole nitrogens is 1. The van der Waals surface area contributed by atoms with Crippen LogP contribution >= 0.6 is 0 Å². The number of fused-ring (bicyclic) bond motifs is 1. The molecule has 0 aliphatic carbocycles. The van der Waals surface area contributed by atoms with Gasteiger partial charge in [0.15, 0.2) is 5.65 Å². The Morgan fingerprint density at radius 2 is 1.92 bits per heavy atom. The van der Waals surface area contributed by atoms with Crippen LogP contribution in [0.3, 0.4) is 0 Å². The van der Waals surface area contributed by atoms with Crippen molar-refractivity contribution in [3.63, 3.8) is 0 Å². The maximum absolute atomic E-state index is 5.79. The van der Waals surface area contributed by atoms with E-state index in [4.69, 9.17) is 5.73 Å². The van der Waals surface area contributed by atoms with Crippen LogP contribution in [0.4, 0.5) is 11.5 Å². The number of benzene rings is 2. The van der Waals surface area contributed by atoms with Crippen LogP contribution in [0.1, 0.15) is 18.5 Å². The molecule has 5 heteroatoms. The van der Waals surface area contributed by atoms with Crippen LogP contribution in [-0.4, -0.2) is 15.0 Å². The summed E-state index contributed by atoms with van der Waals surface area (Å²) in [6, 6.07) is 18.9. The molecule has 2 aromatic carbocycles. The SMILES string of the molecule is C[C@H](Nc1cccc(-c2c[nH]c3ncc(N)nc23)c1)c1ccccc1. The molecule has 0 aliphatic heterocycles. The van der Waals surface area contributed by atoms with Crippen LogP contribution < -0.4 is 11.1 Å². The second-order valence-corrected chi connectivity index (χ2v) is 6.05. The predicted molar refractivity (Wildman–Crippen MR) is 102 cm³/mol. The highest BCUT2D eigenvalue weighted by Gasteiger charge is 2.10. The molecule has 5 nitrogen and oxygen atoms in total. The van der Waals surface area contributed by atoms with Gasteiger partial charge in [0.2, 0.25) is 0 Å². The fourth-order valence-electron chi connectivity index (χ4n) is 2.98. The largest absolute Gasteiger partial charge is 0.382 e. The number of nitrogens with zero attached hydrogens (tertiary/aromatic N) is 2. The molecule has 4 rings (SSSR count). The second-order valence-electron chi connectivity index (χ2n) is 6.05. The van der Waals surface area contributed by atoms with Gasteiger partial charge in [-0.3, -0.25) is 0 Å². The predicted octanol–water partition coefficient (Wildman–Crippen LogP) is 4.38. The first kappa shape index (κ1) is 15.2. The van der Waals surface area contributed by atoms with Gasteiger partial charge in [-0.15, -0.1) is 0 Å². The van der Waals surface area contributed by atoms with E-state index >= 15 is 0 Å². The number of aromatic nitrogens is 3. The molecule has 0 saturated heterocycles. The van der Waals surface area contributed by atoms with Crippen molar-refractivity contribution >= 4 is 22.7 Å². The molecule has 0 bridgehead atoms. The zero-order valence-electron chi connectivity index (χ0n) is 13.9. The van der Waals surface area contributed by atoms with E-state index in [1.165, 1.54) is 5.56 Å². The summed E-state index contributed by atoms with van der Waals surface area (Å²) in [5, 5.41) is 3.55. The number of rotatable bonds is 4. The van der Waals surface area contributed by atoms with Gasteiger partial charge < -0.3 is 16.0 Å². The molecule has 2 heterocycles. The first-order valence-electron chi connectivity index (χ1n) is 8.22. The summed E-state index contributed by atoms with van der Waals surface area (Å²) in [6.45, 7) is 2.15. The normalized spacial score (nSPS) is 12.2. The van der Waals surface area contributed by atoms with E-state index in [0.29, 0.717) is 5.82 Å². The third-order valence-corrected chi connectivity index (χ3v) is 4.26. The third-order valence-electron chi connectivity index (χ3n) is 4.26. The molecule has 25 heavy (non-hydrogen) atoms. The summed E-state index contributed by atoms with van der Waals surface area (Å²) in [6.07, 6.45) is 3.48. The Hall–Kier alpha value is -3.34. The van der Waals surface area contributed by atoms with Crippen LogP contribution in [0.15, 0.2) is 67.0 Å². The number of nitrogens with two attached hydrogens (primary N) is 1. The van der Waals surface area contributed by atoms with E-state index in [9.17, 15) is 0 Å². The molecule has 0 aliphatic rings. The number of hydrogen-bond acceptors (Lipinski definition) is 4. The van der Waals surface area contributed by atoms with Crippen molar-refractivity contribution in [2.24, 2.45) is 0 Å². The lowest BCUT2D eigenvalue weighted by atomic mass is 10.1. The lowest BCUT2D eigenvalue weighted by Crippen LogP contribution is -2.06. The average Bonchev–Trinajstić information content (AvgIpc) is 3.05. The van der Waals surface area contributed by atoms with E-state index in [2.05, 4.69) is 69.7 Å². The summed E-state index contributed by atoms with van der Waals surface area (Å²) in [5.41, 5.74) is 11.7. The van der Waals surface area contributed by atoms with Crippen molar-refractivity contribution in [1.82, 2.24) is 15.0 Å². The Kier molecular flexibility index (Phi) is 3.82. The quantitative estimate of drug-likeness (QED) is 0.519. The van der Waals surface area contributed by atoms with Crippen LogP contribution in [0.2, 0.25) is 0 Å². The van der Waals surface area contributed by atoms with E-state index in [1.54, 1.807) is 6.20 Å². The standard InChI is InChI=1S/C20H19N5/c1-13(14-6-3-2-4-7-14)24-16-9-5-8-15(10-16)17-11-22-20-19(17)25-18(21)12-23-20/h2-13,24H,1H3,(H2,21,25)(H,22,23)/t13-/m0/s1. The molecule has 0 amide bonds. The average molecular weight is 329 g/mol. The summed E-state index contributed by atoms with van der Waals surface area (Å²) >= 11 is 0. The maximum Gasteiger partial charge on any atom is 0.156 e. The molecule has 4 N–H and O–H groups in total.